The van der Waals surface area contributed by atoms with Crippen molar-refractivity contribution in [3.05, 3.63) is 53.3 Å². The second kappa shape index (κ2) is 6.63. The summed E-state index contributed by atoms with van der Waals surface area (Å²) in [6.07, 6.45) is 8.08. The zero-order valence-electron chi connectivity index (χ0n) is 15.0. The molecule has 0 amide bonds. The molecule has 2 atom stereocenters. The molecule has 3 aliphatic rings. The van der Waals surface area contributed by atoms with Crippen molar-refractivity contribution in [1.82, 2.24) is 9.97 Å². The molecule has 1 N–H and O–H groups in total. The molecule has 5 nitrogen and oxygen atoms in total. The smallest absolute Gasteiger partial charge is 0.223 e. The molecule has 1 aliphatic heterocycles. The molecule has 1 spiro atoms. The molecule has 1 aromatic heterocycles. The van der Waals surface area contributed by atoms with Gasteiger partial charge in [-0.25, -0.2) is 9.97 Å². The van der Waals surface area contributed by atoms with Crippen LogP contribution in [0.25, 0.3) is 0 Å². The van der Waals surface area contributed by atoms with E-state index in [0.29, 0.717) is 24.7 Å². The van der Waals surface area contributed by atoms with Crippen LogP contribution >= 0.6 is 0 Å². The molecule has 2 aliphatic carbocycles. The van der Waals surface area contributed by atoms with E-state index in [1.807, 2.05) is 12.3 Å². The van der Waals surface area contributed by atoms with E-state index in [9.17, 15) is 0 Å². The van der Waals surface area contributed by atoms with Gasteiger partial charge in [0.15, 0.2) is 0 Å². The van der Waals surface area contributed by atoms with Gasteiger partial charge in [-0.1, -0.05) is 36.8 Å². The number of ether oxygens (including phenoxy) is 2. The van der Waals surface area contributed by atoms with Crippen LogP contribution in [0.1, 0.15) is 42.5 Å². The standard InChI is InChI=1S/C21H25N3O2/c1-2-5-15(6-3-1)13-26-19-18(11-21(19)8-4-9-21)24-20-22-12-16-14-25-10-7-17(16)23-20/h1-3,5-6,12,18-19H,4,7-11,13-14H2,(H,22,23,24). The van der Waals surface area contributed by atoms with Gasteiger partial charge in [-0.05, 0) is 24.8 Å². The molecule has 0 radical (unpaired) electrons. The van der Waals surface area contributed by atoms with Crippen LogP contribution in [0.3, 0.4) is 0 Å². The normalized spacial score (nSPS) is 25.8. The van der Waals surface area contributed by atoms with Crippen LogP contribution in [0, 0.1) is 5.41 Å². The fourth-order valence-corrected chi connectivity index (χ4v) is 4.59. The topological polar surface area (TPSA) is 56.3 Å². The average molecular weight is 351 g/mol. The lowest BCUT2D eigenvalue weighted by molar-refractivity contribution is -0.165. The monoisotopic (exact) mass is 351 g/mol. The van der Waals surface area contributed by atoms with E-state index in [-0.39, 0.29) is 6.10 Å². The Hall–Kier alpha value is -1.98. The number of nitrogens with one attached hydrogen (secondary N) is 1. The van der Waals surface area contributed by atoms with E-state index in [2.05, 4.69) is 34.6 Å². The Kier molecular flexibility index (Phi) is 4.14. The largest absolute Gasteiger partial charge is 0.376 e. The lowest BCUT2D eigenvalue weighted by Crippen LogP contribution is -2.63. The maximum atomic E-state index is 6.38. The van der Waals surface area contributed by atoms with Crippen molar-refractivity contribution in [2.75, 3.05) is 11.9 Å². The summed E-state index contributed by atoms with van der Waals surface area (Å²) in [5.74, 6) is 0.734. The van der Waals surface area contributed by atoms with Gasteiger partial charge < -0.3 is 14.8 Å². The molecule has 1 aromatic carbocycles. The molecule has 26 heavy (non-hydrogen) atoms. The summed E-state index contributed by atoms with van der Waals surface area (Å²) >= 11 is 0. The van der Waals surface area contributed by atoms with Crippen LogP contribution in [-0.2, 0) is 29.1 Å². The quantitative estimate of drug-likeness (QED) is 0.894. The Bertz CT molecular complexity index is 776. The number of anilines is 1. The molecular formula is C21H25N3O2. The summed E-state index contributed by atoms with van der Waals surface area (Å²) in [5.41, 5.74) is 3.85. The van der Waals surface area contributed by atoms with E-state index in [1.165, 1.54) is 24.8 Å². The second-order valence-electron chi connectivity index (χ2n) is 7.86. The van der Waals surface area contributed by atoms with Gasteiger partial charge >= 0.3 is 0 Å². The van der Waals surface area contributed by atoms with Gasteiger partial charge in [0.25, 0.3) is 0 Å². The fraction of sp³-hybridized carbons (Fsp3) is 0.524. The zero-order valence-corrected chi connectivity index (χ0v) is 15.0. The first-order valence-electron chi connectivity index (χ1n) is 9.67. The molecule has 2 aromatic rings. The van der Waals surface area contributed by atoms with Crippen LogP contribution in [0.15, 0.2) is 36.5 Å². The lowest BCUT2D eigenvalue weighted by Gasteiger charge is -2.60. The third kappa shape index (κ3) is 2.89. The Labute approximate surface area is 154 Å². The fourth-order valence-electron chi connectivity index (χ4n) is 4.59. The minimum Gasteiger partial charge on any atom is -0.376 e. The molecule has 2 fully saturated rings. The predicted molar refractivity (Wildman–Crippen MR) is 98.7 cm³/mol. The van der Waals surface area contributed by atoms with Crippen molar-refractivity contribution in [3.8, 4) is 0 Å². The van der Waals surface area contributed by atoms with Crippen LogP contribution in [0.5, 0.6) is 0 Å². The van der Waals surface area contributed by atoms with E-state index in [1.54, 1.807) is 0 Å². The van der Waals surface area contributed by atoms with Gasteiger partial charge in [0, 0.05) is 23.6 Å². The molecule has 5 rings (SSSR count). The maximum absolute atomic E-state index is 6.38. The van der Waals surface area contributed by atoms with Gasteiger partial charge in [0.2, 0.25) is 5.95 Å². The Balaban J connectivity index is 1.27. The Morgan fingerprint density at radius 3 is 2.92 bits per heavy atom. The molecule has 2 saturated carbocycles. The summed E-state index contributed by atoms with van der Waals surface area (Å²) < 4.78 is 11.9. The predicted octanol–water partition coefficient (Wildman–Crippen LogP) is 3.49. The molecular weight excluding hydrogens is 326 g/mol. The molecule has 5 heteroatoms. The van der Waals surface area contributed by atoms with Gasteiger partial charge in [0.1, 0.15) is 0 Å². The highest BCUT2D eigenvalue weighted by molar-refractivity contribution is 5.34. The first kappa shape index (κ1) is 16.2. The van der Waals surface area contributed by atoms with E-state index >= 15 is 0 Å². The van der Waals surface area contributed by atoms with Crippen molar-refractivity contribution in [1.29, 1.82) is 0 Å². The average Bonchev–Trinajstić information content (AvgIpc) is 2.64. The first-order valence-corrected chi connectivity index (χ1v) is 9.67. The molecule has 0 bridgehead atoms. The number of nitrogens with zero attached hydrogens (tertiary/aromatic N) is 2. The summed E-state index contributed by atoms with van der Waals surface area (Å²) in [4.78, 5) is 9.22. The van der Waals surface area contributed by atoms with E-state index < -0.39 is 0 Å². The number of fused-ring (bicyclic) bond motifs is 1. The lowest BCUT2D eigenvalue weighted by atomic mass is 9.52. The SMILES string of the molecule is c1ccc(COC2C(Nc3ncc4c(n3)CCOC4)CC23CCC3)cc1. The van der Waals surface area contributed by atoms with E-state index in [4.69, 9.17) is 14.5 Å². The summed E-state index contributed by atoms with van der Waals surface area (Å²) in [6.45, 7) is 2.05. The zero-order chi connectivity index (χ0) is 17.4. The molecule has 2 unspecified atom stereocenters. The molecule has 136 valence electrons. The number of aromatic nitrogens is 2. The third-order valence-corrected chi connectivity index (χ3v) is 6.23. The number of hydrogen-bond donors (Lipinski definition) is 1. The van der Waals surface area contributed by atoms with Gasteiger partial charge in [-0.15, -0.1) is 0 Å². The minimum atomic E-state index is 0.249. The molecule has 2 heterocycles. The van der Waals surface area contributed by atoms with Crippen LogP contribution in [-0.4, -0.2) is 28.7 Å². The summed E-state index contributed by atoms with van der Waals surface area (Å²) in [7, 11) is 0. The summed E-state index contributed by atoms with van der Waals surface area (Å²) in [6, 6.07) is 10.7. The van der Waals surface area contributed by atoms with Gasteiger partial charge in [-0.3, -0.25) is 0 Å². The van der Waals surface area contributed by atoms with Crippen molar-refractivity contribution >= 4 is 5.95 Å². The van der Waals surface area contributed by atoms with Crippen molar-refractivity contribution in [2.24, 2.45) is 5.41 Å². The first-order chi connectivity index (χ1) is 12.8. The Morgan fingerprint density at radius 1 is 1.23 bits per heavy atom. The molecule has 0 saturated heterocycles. The highest BCUT2D eigenvalue weighted by Crippen LogP contribution is 2.57. The highest BCUT2D eigenvalue weighted by Gasteiger charge is 2.58. The second-order valence-corrected chi connectivity index (χ2v) is 7.86. The van der Waals surface area contributed by atoms with Gasteiger partial charge in [0.05, 0.1) is 37.7 Å². The number of benzene rings is 1. The van der Waals surface area contributed by atoms with Crippen molar-refractivity contribution in [2.45, 2.75) is 57.5 Å². The van der Waals surface area contributed by atoms with Crippen molar-refractivity contribution < 1.29 is 9.47 Å². The van der Waals surface area contributed by atoms with E-state index in [0.717, 1.165) is 36.7 Å². The van der Waals surface area contributed by atoms with Gasteiger partial charge in [-0.2, -0.15) is 0 Å². The van der Waals surface area contributed by atoms with Crippen LogP contribution in [0.4, 0.5) is 5.95 Å². The third-order valence-electron chi connectivity index (χ3n) is 6.23. The summed E-state index contributed by atoms with van der Waals surface area (Å²) in [5, 5.41) is 3.55. The maximum Gasteiger partial charge on any atom is 0.223 e. The Morgan fingerprint density at radius 2 is 2.12 bits per heavy atom. The number of hydrogen-bond acceptors (Lipinski definition) is 5. The van der Waals surface area contributed by atoms with Crippen molar-refractivity contribution in [3.63, 3.8) is 0 Å². The highest BCUT2D eigenvalue weighted by atomic mass is 16.5. The number of rotatable bonds is 5. The minimum absolute atomic E-state index is 0.249. The van der Waals surface area contributed by atoms with Crippen LogP contribution in [0.2, 0.25) is 0 Å². The van der Waals surface area contributed by atoms with Crippen LogP contribution < -0.4 is 5.32 Å².